The third-order valence-corrected chi connectivity index (χ3v) is 4.40. The number of carbonyl (C=O) groups excluding carboxylic acids is 1. The van der Waals surface area contributed by atoms with E-state index in [4.69, 9.17) is 0 Å². The summed E-state index contributed by atoms with van der Waals surface area (Å²) in [5.74, 6) is 1.40. The van der Waals surface area contributed by atoms with Gasteiger partial charge in [-0.3, -0.25) is 4.79 Å². The summed E-state index contributed by atoms with van der Waals surface area (Å²) >= 11 is 1.48. The molecule has 3 rings (SSSR count). The van der Waals surface area contributed by atoms with Crippen LogP contribution in [0.5, 0.6) is 0 Å². The molecule has 4 heteroatoms. The smallest absolute Gasteiger partial charge is 0.230 e. The van der Waals surface area contributed by atoms with E-state index in [0.717, 1.165) is 5.13 Å². The molecule has 3 nitrogen and oxygen atoms in total. The molecule has 2 aliphatic rings. The van der Waals surface area contributed by atoms with E-state index >= 15 is 0 Å². The summed E-state index contributed by atoms with van der Waals surface area (Å²) in [6, 6.07) is 0. The van der Waals surface area contributed by atoms with Gasteiger partial charge in [0, 0.05) is 17.5 Å². The van der Waals surface area contributed by atoms with Gasteiger partial charge in [0.25, 0.3) is 0 Å². The van der Waals surface area contributed by atoms with Crippen LogP contribution < -0.4 is 5.32 Å². The van der Waals surface area contributed by atoms with Gasteiger partial charge in [0.15, 0.2) is 5.13 Å². The molecule has 1 amide bonds. The Balaban J connectivity index is 1.64. The predicted octanol–water partition coefficient (Wildman–Crippen LogP) is 3.07. The van der Waals surface area contributed by atoms with Crippen LogP contribution >= 0.6 is 11.3 Å². The van der Waals surface area contributed by atoms with Gasteiger partial charge in [0.05, 0.1) is 0 Å². The molecule has 2 aliphatic carbocycles. The normalized spacial score (nSPS) is 31.2. The van der Waals surface area contributed by atoms with E-state index < -0.39 is 0 Å². The maximum atomic E-state index is 12.1. The van der Waals surface area contributed by atoms with Crippen LogP contribution in [0.15, 0.2) is 23.7 Å². The minimum Gasteiger partial charge on any atom is -0.302 e. The standard InChI is InChI=1S/C13H16N2OS/c16-12(15-13-14-7-8-17-13)11-9-5-3-1-2-4-6-10(9)11/h3,5,7-11H,1-2,4,6H2,(H,14,15,16)/t9-,10+,11+/m1/s1. The van der Waals surface area contributed by atoms with Crippen molar-refractivity contribution in [3.05, 3.63) is 23.7 Å². The molecule has 1 fully saturated rings. The number of aromatic nitrogens is 1. The Labute approximate surface area is 105 Å². The Kier molecular flexibility index (Phi) is 2.97. The van der Waals surface area contributed by atoms with Gasteiger partial charge in [-0.05, 0) is 31.1 Å². The molecule has 0 unspecified atom stereocenters. The number of thiazole rings is 1. The number of rotatable bonds is 2. The lowest BCUT2D eigenvalue weighted by Gasteiger charge is -2.00. The number of allylic oxidation sites excluding steroid dienone is 2. The van der Waals surface area contributed by atoms with Crippen molar-refractivity contribution in [1.29, 1.82) is 0 Å². The molecule has 1 heterocycles. The molecule has 0 radical (unpaired) electrons. The molecule has 0 aromatic carbocycles. The molecule has 90 valence electrons. The van der Waals surface area contributed by atoms with Crippen molar-refractivity contribution in [2.45, 2.75) is 25.7 Å². The number of fused-ring (bicyclic) bond motifs is 1. The van der Waals surface area contributed by atoms with E-state index in [1.165, 1.54) is 37.0 Å². The minimum absolute atomic E-state index is 0.154. The third kappa shape index (κ3) is 2.27. The Morgan fingerprint density at radius 3 is 3.24 bits per heavy atom. The summed E-state index contributed by atoms with van der Waals surface area (Å²) in [6.07, 6.45) is 11.1. The van der Waals surface area contributed by atoms with Crippen LogP contribution in [0.25, 0.3) is 0 Å². The highest BCUT2D eigenvalue weighted by Gasteiger charge is 2.52. The number of nitrogens with zero attached hydrogens (tertiary/aromatic N) is 1. The second kappa shape index (κ2) is 4.61. The topological polar surface area (TPSA) is 42.0 Å². The monoisotopic (exact) mass is 248 g/mol. The van der Waals surface area contributed by atoms with Gasteiger partial charge in [0.2, 0.25) is 5.91 Å². The van der Waals surface area contributed by atoms with Gasteiger partial charge < -0.3 is 5.32 Å². The molecule has 1 aromatic heterocycles. The highest BCUT2D eigenvalue weighted by molar-refractivity contribution is 7.13. The molecule has 1 aromatic rings. The van der Waals surface area contributed by atoms with Gasteiger partial charge in [-0.2, -0.15) is 0 Å². The zero-order chi connectivity index (χ0) is 11.7. The van der Waals surface area contributed by atoms with Crippen LogP contribution in [0.3, 0.4) is 0 Å². The Hall–Kier alpha value is -1.16. The summed E-state index contributed by atoms with van der Waals surface area (Å²) in [4.78, 5) is 16.2. The van der Waals surface area contributed by atoms with Crippen LogP contribution in [-0.2, 0) is 4.79 Å². The number of hydrogen-bond donors (Lipinski definition) is 1. The average molecular weight is 248 g/mol. The van der Waals surface area contributed by atoms with Gasteiger partial charge in [0.1, 0.15) is 0 Å². The van der Waals surface area contributed by atoms with E-state index in [1.54, 1.807) is 6.20 Å². The second-order valence-electron chi connectivity index (χ2n) is 4.81. The molecular formula is C13H16N2OS. The first kappa shape index (κ1) is 11.0. The molecule has 1 saturated carbocycles. The number of nitrogens with one attached hydrogen (secondary N) is 1. The van der Waals surface area contributed by atoms with Gasteiger partial charge in [-0.25, -0.2) is 4.98 Å². The predicted molar refractivity (Wildman–Crippen MR) is 68.8 cm³/mol. The van der Waals surface area contributed by atoms with Crippen molar-refractivity contribution in [3.8, 4) is 0 Å². The zero-order valence-electron chi connectivity index (χ0n) is 9.63. The highest BCUT2D eigenvalue weighted by atomic mass is 32.1. The van der Waals surface area contributed by atoms with Crippen LogP contribution in [0.4, 0.5) is 5.13 Å². The first-order valence-electron chi connectivity index (χ1n) is 6.23. The molecule has 1 N–H and O–H groups in total. The van der Waals surface area contributed by atoms with Crippen molar-refractivity contribution >= 4 is 22.4 Å². The summed E-state index contributed by atoms with van der Waals surface area (Å²) in [6.45, 7) is 0. The van der Waals surface area contributed by atoms with E-state index in [1.807, 2.05) is 5.38 Å². The summed E-state index contributed by atoms with van der Waals surface area (Å²) in [5, 5.41) is 5.52. The van der Waals surface area contributed by atoms with E-state index in [2.05, 4.69) is 22.5 Å². The minimum atomic E-state index is 0.154. The van der Waals surface area contributed by atoms with Crippen LogP contribution in [-0.4, -0.2) is 10.9 Å². The summed E-state index contributed by atoms with van der Waals surface area (Å²) in [7, 11) is 0. The van der Waals surface area contributed by atoms with Crippen LogP contribution in [0.1, 0.15) is 25.7 Å². The number of anilines is 1. The molecule has 0 aliphatic heterocycles. The second-order valence-corrected chi connectivity index (χ2v) is 5.70. The van der Waals surface area contributed by atoms with Crippen molar-refractivity contribution in [3.63, 3.8) is 0 Å². The first-order valence-corrected chi connectivity index (χ1v) is 7.11. The lowest BCUT2D eigenvalue weighted by atomic mass is 10.1. The van der Waals surface area contributed by atoms with Crippen molar-refractivity contribution in [1.82, 2.24) is 4.98 Å². The maximum absolute atomic E-state index is 12.1. The fraction of sp³-hybridized carbons (Fsp3) is 0.538. The Morgan fingerprint density at radius 2 is 2.41 bits per heavy atom. The number of amides is 1. The van der Waals surface area contributed by atoms with Crippen molar-refractivity contribution in [2.24, 2.45) is 17.8 Å². The molecule has 0 saturated heterocycles. The fourth-order valence-corrected chi connectivity index (χ4v) is 3.31. The van der Waals surface area contributed by atoms with Crippen molar-refractivity contribution < 1.29 is 4.79 Å². The van der Waals surface area contributed by atoms with Gasteiger partial charge in [-0.1, -0.05) is 18.6 Å². The molecule has 0 spiro atoms. The molecule has 0 bridgehead atoms. The molecule has 17 heavy (non-hydrogen) atoms. The Bertz CT molecular complexity index is 427. The van der Waals surface area contributed by atoms with E-state index in [0.29, 0.717) is 11.8 Å². The number of carbonyl (C=O) groups is 1. The van der Waals surface area contributed by atoms with Crippen LogP contribution in [0, 0.1) is 17.8 Å². The van der Waals surface area contributed by atoms with Gasteiger partial charge in [-0.15, -0.1) is 11.3 Å². The maximum Gasteiger partial charge on any atom is 0.230 e. The lowest BCUT2D eigenvalue weighted by molar-refractivity contribution is -0.117. The van der Waals surface area contributed by atoms with E-state index in [9.17, 15) is 4.79 Å². The summed E-state index contributed by atoms with van der Waals surface area (Å²) in [5.41, 5.74) is 0. The van der Waals surface area contributed by atoms with Crippen LogP contribution in [0.2, 0.25) is 0 Å². The fourth-order valence-electron chi connectivity index (χ4n) is 2.77. The molecule has 3 atom stereocenters. The lowest BCUT2D eigenvalue weighted by Crippen LogP contribution is -2.15. The van der Waals surface area contributed by atoms with E-state index in [-0.39, 0.29) is 11.8 Å². The summed E-state index contributed by atoms with van der Waals surface area (Å²) < 4.78 is 0. The quantitative estimate of drug-likeness (QED) is 0.817. The highest BCUT2D eigenvalue weighted by Crippen LogP contribution is 2.51. The number of hydrogen-bond acceptors (Lipinski definition) is 3. The van der Waals surface area contributed by atoms with Gasteiger partial charge >= 0.3 is 0 Å². The van der Waals surface area contributed by atoms with Crippen molar-refractivity contribution in [2.75, 3.05) is 5.32 Å². The zero-order valence-corrected chi connectivity index (χ0v) is 10.5. The largest absolute Gasteiger partial charge is 0.302 e. The Morgan fingerprint density at radius 1 is 1.47 bits per heavy atom. The SMILES string of the molecule is O=C(Nc1nccs1)[C@H]1[C@@H]2C=CCCCC[C@@H]21. The first-order chi connectivity index (χ1) is 8.36. The average Bonchev–Trinajstić information content (AvgIpc) is 2.72. The molecular weight excluding hydrogens is 232 g/mol. The third-order valence-electron chi connectivity index (χ3n) is 3.71.